The molecule has 0 fully saturated rings. The summed E-state index contributed by atoms with van der Waals surface area (Å²) in [5.74, 6) is 1.09. The van der Waals surface area contributed by atoms with Crippen LogP contribution in [0.25, 0.3) is 20.7 Å². The van der Waals surface area contributed by atoms with E-state index in [4.69, 9.17) is 11.6 Å². The van der Waals surface area contributed by atoms with E-state index in [0.717, 1.165) is 16.0 Å². The molecule has 1 N–H and O–H groups in total. The van der Waals surface area contributed by atoms with Crippen LogP contribution in [-0.2, 0) is 6.42 Å². The summed E-state index contributed by atoms with van der Waals surface area (Å²) in [5.41, 5.74) is 1.76. The molecular weight excluding hydrogens is 280 g/mol. The molecule has 0 unspecified atom stereocenters. The van der Waals surface area contributed by atoms with E-state index in [0.29, 0.717) is 22.8 Å². The number of hydrogen-bond donors (Lipinski definition) is 1. The van der Waals surface area contributed by atoms with Crippen molar-refractivity contribution in [2.45, 2.75) is 6.42 Å². The number of aromatic nitrogens is 2. The predicted octanol–water partition coefficient (Wildman–Crippen LogP) is 3.43. The van der Waals surface area contributed by atoms with Crippen molar-refractivity contribution in [1.82, 2.24) is 9.97 Å². The number of aryl methyl sites for hydroxylation is 1. The summed E-state index contributed by atoms with van der Waals surface area (Å²) in [7, 11) is 0. The molecule has 0 bridgehead atoms. The fourth-order valence-corrected chi connectivity index (χ4v) is 3.12. The van der Waals surface area contributed by atoms with E-state index in [-0.39, 0.29) is 5.56 Å². The topological polar surface area (TPSA) is 45.8 Å². The Balaban J connectivity index is 2.16. The number of nitrogens with zero attached hydrogens (tertiary/aromatic N) is 1. The SMILES string of the molecule is O=c1[nH]c(CCCl)nc2cc(-c3ccccc3)sc12. The van der Waals surface area contributed by atoms with E-state index < -0.39 is 0 Å². The number of nitrogens with one attached hydrogen (secondary N) is 1. The second-order valence-electron chi connectivity index (χ2n) is 4.14. The summed E-state index contributed by atoms with van der Waals surface area (Å²) in [6, 6.07) is 12.0. The molecular formula is C14H11ClN2OS. The summed E-state index contributed by atoms with van der Waals surface area (Å²) in [5, 5.41) is 0. The Morgan fingerprint density at radius 3 is 2.79 bits per heavy atom. The van der Waals surface area contributed by atoms with E-state index in [1.165, 1.54) is 11.3 Å². The molecule has 0 saturated heterocycles. The summed E-state index contributed by atoms with van der Waals surface area (Å²) in [4.78, 5) is 20.3. The average Bonchev–Trinajstić information content (AvgIpc) is 2.85. The molecule has 19 heavy (non-hydrogen) atoms. The van der Waals surface area contributed by atoms with Gasteiger partial charge < -0.3 is 4.98 Å². The molecule has 0 aliphatic rings. The lowest BCUT2D eigenvalue weighted by Gasteiger charge is -1.96. The van der Waals surface area contributed by atoms with Crippen LogP contribution < -0.4 is 5.56 Å². The molecule has 0 amide bonds. The average molecular weight is 291 g/mol. The van der Waals surface area contributed by atoms with Crippen molar-refractivity contribution in [3.8, 4) is 10.4 Å². The number of H-pyrrole nitrogens is 1. The van der Waals surface area contributed by atoms with Crippen molar-refractivity contribution in [2.24, 2.45) is 0 Å². The summed E-state index contributed by atoms with van der Waals surface area (Å²) >= 11 is 7.15. The third kappa shape index (κ3) is 2.41. The maximum Gasteiger partial charge on any atom is 0.268 e. The fourth-order valence-electron chi connectivity index (χ4n) is 1.94. The standard InChI is InChI=1S/C14H11ClN2OS/c15-7-6-12-16-10-8-11(9-4-2-1-3-5-9)19-13(10)14(18)17-12/h1-5,8H,6-7H2,(H,16,17,18). The van der Waals surface area contributed by atoms with Gasteiger partial charge in [0.15, 0.2) is 0 Å². The van der Waals surface area contributed by atoms with Gasteiger partial charge in [0.25, 0.3) is 5.56 Å². The molecule has 3 rings (SSSR count). The number of alkyl halides is 1. The number of aromatic amines is 1. The van der Waals surface area contributed by atoms with Gasteiger partial charge in [0.2, 0.25) is 0 Å². The lowest BCUT2D eigenvalue weighted by Crippen LogP contribution is -2.10. The molecule has 3 aromatic rings. The minimum Gasteiger partial charge on any atom is -0.309 e. The van der Waals surface area contributed by atoms with Crippen molar-refractivity contribution >= 4 is 33.2 Å². The first-order chi connectivity index (χ1) is 9.28. The molecule has 0 atom stereocenters. The van der Waals surface area contributed by atoms with Gasteiger partial charge in [-0.25, -0.2) is 4.98 Å². The molecule has 3 nitrogen and oxygen atoms in total. The summed E-state index contributed by atoms with van der Waals surface area (Å²) in [6.45, 7) is 0. The second-order valence-corrected chi connectivity index (χ2v) is 5.57. The Morgan fingerprint density at radius 1 is 1.26 bits per heavy atom. The highest BCUT2D eigenvalue weighted by molar-refractivity contribution is 7.22. The Bertz CT molecular complexity index is 764. The Hall–Kier alpha value is -1.65. The first-order valence-electron chi connectivity index (χ1n) is 5.92. The maximum atomic E-state index is 12.0. The monoisotopic (exact) mass is 290 g/mol. The number of hydrogen-bond acceptors (Lipinski definition) is 3. The van der Waals surface area contributed by atoms with Crippen molar-refractivity contribution in [1.29, 1.82) is 0 Å². The molecule has 0 radical (unpaired) electrons. The van der Waals surface area contributed by atoms with Gasteiger partial charge in [-0.3, -0.25) is 4.79 Å². The number of fused-ring (bicyclic) bond motifs is 1. The van der Waals surface area contributed by atoms with Crippen LogP contribution in [-0.4, -0.2) is 15.8 Å². The van der Waals surface area contributed by atoms with E-state index in [2.05, 4.69) is 9.97 Å². The highest BCUT2D eigenvalue weighted by atomic mass is 35.5. The second kappa shape index (κ2) is 5.15. The third-order valence-corrected chi connectivity index (χ3v) is 4.18. The van der Waals surface area contributed by atoms with Crippen LogP contribution in [0.2, 0.25) is 0 Å². The van der Waals surface area contributed by atoms with Gasteiger partial charge in [0.05, 0.1) is 5.52 Å². The van der Waals surface area contributed by atoms with E-state index in [1.54, 1.807) is 0 Å². The number of thiophene rings is 1. The van der Waals surface area contributed by atoms with Crippen molar-refractivity contribution in [2.75, 3.05) is 5.88 Å². The van der Waals surface area contributed by atoms with E-state index >= 15 is 0 Å². The zero-order valence-electron chi connectivity index (χ0n) is 10.0. The lowest BCUT2D eigenvalue weighted by atomic mass is 10.2. The minimum atomic E-state index is -0.0858. The van der Waals surface area contributed by atoms with Gasteiger partial charge in [-0.2, -0.15) is 0 Å². The number of rotatable bonds is 3. The molecule has 0 saturated carbocycles. The van der Waals surface area contributed by atoms with Gasteiger partial charge in [0, 0.05) is 17.2 Å². The molecule has 5 heteroatoms. The van der Waals surface area contributed by atoms with Crippen LogP contribution in [0.1, 0.15) is 5.82 Å². The molecule has 0 aliphatic heterocycles. The zero-order chi connectivity index (χ0) is 13.2. The van der Waals surface area contributed by atoms with Crippen LogP contribution in [0.4, 0.5) is 0 Å². The van der Waals surface area contributed by atoms with Crippen molar-refractivity contribution < 1.29 is 0 Å². The molecule has 0 spiro atoms. The zero-order valence-corrected chi connectivity index (χ0v) is 11.6. The Labute approximate surface area is 118 Å². The molecule has 96 valence electrons. The quantitative estimate of drug-likeness (QED) is 0.751. The van der Waals surface area contributed by atoms with Gasteiger partial charge in [-0.1, -0.05) is 30.3 Å². The summed E-state index contributed by atoms with van der Waals surface area (Å²) < 4.78 is 0.664. The fraction of sp³-hybridized carbons (Fsp3) is 0.143. The molecule has 2 aromatic heterocycles. The third-order valence-electron chi connectivity index (χ3n) is 2.82. The summed E-state index contributed by atoms with van der Waals surface area (Å²) in [6.07, 6.45) is 0.573. The van der Waals surface area contributed by atoms with Gasteiger partial charge in [0.1, 0.15) is 10.5 Å². The van der Waals surface area contributed by atoms with Crippen molar-refractivity contribution in [3.63, 3.8) is 0 Å². The molecule has 1 aromatic carbocycles. The van der Waals surface area contributed by atoms with Crippen LogP contribution in [0.15, 0.2) is 41.2 Å². The van der Waals surface area contributed by atoms with Crippen LogP contribution in [0.3, 0.4) is 0 Å². The Morgan fingerprint density at radius 2 is 2.05 bits per heavy atom. The number of benzene rings is 1. The van der Waals surface area contributed by atoms with Crippen LogP contribution in [0.5, 0.6) is 0 Å². The molecule has 0 aliphatic carbocycles. The van der Waals surface area contributed by atoms with Crippen LogP contribution >= 0.6 is 22.9 Å². The highest BCUT2D eigenvalue weighted by Gasteiger charge is 2.09. The highest BCUT2D eigenvalue weighted by Crippen LogP contribution is 2.30. The smallest absolute Gasteiger partial charge is 0.268 e. The molecule has 2 heterocycles. The minimum absolute atomic E-state index is 0.0858. The first-order valence-corrected chi connectivity index (χ1v) is 7.27. The van der Waals surface area contributed by atoms with Crippen molar-refractivity contribution in [3.05, 3.63) is 52.6 Å². The maximum absolute atomic E-state index is 12.0. The number of halogens is 1. The lowest BCUT2D eigenvalue weighted by molar-refractivity contribution is 0.951. The van der Waals surface area contributed by atoms with Gasteiger partial charge >= 0.3 is 0 Å². The van der Waals surface area contributed by atoms with E-state index in [1.807, 2.05) is 36.4 Å². The normalized spacial score (nSPS) is 11.0. The largest absolute Gasteiger partial charge is 0.309 e. The first kappa shape index (κ1) is 12.4. The van der Waals surface area contributed by atoms with Gasteiger partial charge in [-0.05, 0) is 11.6 Å². The van der Waals surface area contributed by atoms with Crippen LogP contribution in [0, 0.1) is 0 Å². The van der Waals surface area contributed by atoms with Gasteiger partial charge in [-0.15, -0.1) is 22.9 Å². The predicted molar refractivity (Wildman–Crippen MR) is 80.1 cm³/mol. The van der Waals surface area contributed by atoms with E-state index in [9.17, 15) is 4.79 Å². The Kier molecular flexibility index (Phi) is 3.36.